The van der Waals surface area contributed by atoms with Gasteiger partial charge in [-0.1, -0.05) is 0 Å². The molecule has 1 aromatic heterocycles. The molecule has 138 valence electrons. The van der Waals surface area contributed by atoms with Crippen LogP contribution in [0.25, 0.3) is 11.4 Å². The van der Waals surface area contributed by atoms with Crippen molar-refractivity contribution in [1.29, 1.82) is 0 Å². The normalized spacial score (nSPS) is 12.2. The molecule has 1 aliphatic rings. The van der Waals surface area contributed by atoms with Gasteiger partial charge in [-0.3, -0.25) is 9.89 Å². The topological polar surface area (TPSA) is 89.1 Å². The Morgan fingerprint density at radius 3 is 2.85 bits per heavy atom. The van der Waals surface area contributed by atoms with Crippen LogP contribution in [0, 0.1) is 11.6 Å². The number of aromatic amines is 1. The van der Waals surface area contributed by atoms with Crippen LogP contribution in [0.3, 0.4) is 0 Å². The van der Waals surface area contributed by atoms with E-state index in [2.05, 4.69) is 20.5 Å². The number of carbonyl (C=O) groups is 1. The predicted octanol–water partition coefficient (Wildman–Crippen LogP) is 2.45. The Balaban J connectivity index is 1.36. The Morgan fingerprint density at radius 2 is 2.00 bits per heavy atom. The highest BCUT2D eigenvalue weighted by atomic mass is 19.1. The summed E-state index contributed by atoms with van der Waals surface area (Å²) in [6, 6.07) is 8.19. The van der Waals surface area contributed by atoms with Crippen LogP contribution in [0.4, 0.5) is 8.78 Å². The Kier molecular flexibility index (Phi) is 4.41. The van der Waals surface area contributed by atoms with Gasteiger partial charge < -0.3 is 14.8 Å². The van der Waals surface area contributed by atoms with E-state index >= 15 is 0 Å². The van der Waals surface area contributed by atoms with E-state index < -0.39 is 17.5 Å². The lowest BCUT2D eigenvalue weighted by molar-refractivity contribution is 0.0950. The number of hydrogen-bond donors (Lipinski definition) is 2. The summed E-state index contributed by atoms with van der Waals surface area (Å²) in [6.07, 6.45) is 0.367. The molecule has 2 N–H and O–H groups in total. The number of nitrogens with one attached hydrogen (secondary N) is 2. The van der Waals surface area contributed by atoms with E-state index in [9.17, 15) is 13.6 Å². The summed E-state index contributed by atoms with van der Waals surface area (Å²) in [6.45, 7) is 0.401. The van der Waals surface area contributed by atoms with E-state index in [0.717, 1.165) is 17.7 Å². The molecule has 1 aliphatic heterocycles. The van der Waals surface area contributed by atoms with Crippen LogP contribution in [0.15, 0.2) is 36.4 Å². The number of fused-ring (bicyclic) bond motifs is 1. The second kappa shape index (κ2) is 7.02. The summed E-state index contributed by atoms with van der Waals surface area (Å²) < 4.78 is 37.1. The third-order valence-corrected chi connectivity index (χ3v) is 3.99. The Hall–Kier alpha value is -3.49. The molecule has 4 rings (SSSR count). The first-order valence-electron chi connectivity index (χ1n) is 8.15. The molecule has 0 unspecified atom stereocenters. The first-order chi connectivity index (χ1) is 13.1. The van der Waals surface area contributed by atoms with E-state index in [1.807, 2.05) is 6.07 Å². The lowest BCUT2D eigenvalue weighted by Gasteiger charge is -2.05. The molecule has 7 nitrogen and oxygen atoms in total. The van der Waals surface area contributed by atoms with Gasteiger partial charge in [-0.05, 0) is 30.3 Å². The molecule has 1 amide bonds. The lowest BCUT2D eigenvalue weighted by atomic mass is 10.2. The van der Waals surface area contributed by atoms with Crippen molar-refractivity contribution < 1.29 is 23.0 Å². The summed E-state index contributed by atoms with van der Waals surface area (Å²) in [4.78, 5) is 16.3. The monoisotopic (exact) mass is 372 g/mol. The summed E-state index contributed by atoms with van der Waals surface area (Å²) >= 11 is 0. The van der Waals surface area contributed by atoms with Crippen molar-refractivity contribution in [3.8, 4) is 22.9 Å². The first kappa shape index (κ1) is 17.0. The maximum absolute atomic E-state index is 13.6. The van der Waals surface area contributed by atoms with Crippen molar-refractivity contribution in [3.63, 3.8) is 0 Å². The van der Waals surface area contributed by atoms with Gasteiger partial charge in [0.15, 0.2) is 17.3 Å². The van der Waals surface area contributed by atoms with Crippen LogP contribution >= 0.6 is 0 Å². The highest BCUT2D eigenvalue weighted by Gasteiger charge is 2.16. The highest BCUT2D eigenvalue weighted by Crippen LogP contribution is 2.34. The molecular formula is C18H14F2N4O3. The largest absolute Gasteiger partial charge is 0.454 e. The molecule has 0 saturated heterocycles. The summed E-state index contributed by atoms with van der Waals surface area (Å²) in [5, 5.41) is 9.51. The second-order valence-corrected chi connectivity index (χ2v) is 5.80. The average Bonchev–Trinajstić information content (AvgIpc) is 3.30. The standard InChI is InChI=1S/C18H14F2N4O3/c19-11-2-3-12(13(20)8-11)18(25)21-6-5-16-22-17(24-23-16)10-1-4-14-15(7-10)27-9-26-14/h1-4,7-8H,5-6,9H2,(H,21,25)(H,22,23,24). The molecule has 2 aromatic carbocycles. The van der Waals surface area contributed by atoms with Crippen molar-refractivity contribution in [1.82, 2.24) is 20.5 Å². The molecule has 0 saturated carbocycles. The number of nitrogens with zero attached hydrogens (tertiary/aromatic N) is 2. The van der Waals surface area contributed by atoms with E-state index in [-0.39, 0.29) is 18.9 Å². The van der Waals surface area contributed by atoms with Crippen molar-refractivity contribution in [2.24, 2.45) is 0 Å². The predicted molar refractivity (Wildman–Crippen MR) is 90.3 cm³/mol. The molecule has 0 atom stereocenters. The molecule has 0 aliphatic carbocycles. The van der Waals surface area contributed by atoms with Gasteiger partial charge >= 0.3 is 0 Å². The van der Waals surface area contributed by atoms with Crippen LogP contribution in [0.1, 0.15) is 16.2 Å². The van der Waals surface area contributed by atoms with Crippen LogP contribution in [0.5, 0.6) is 11.5 Å². The zero-order chi connectivity index (χ0) is 18.8. The lowest BCUT2D eigenvalue weighted by Crippen LogP contribution is -2.26. The third kappa shape index (κ3) is 3.57. The average molecular weight is 372 g/mol. The van der Waals surface area contributed by atoms with E-state index in [4.69, 9.17) is 9.47 Å². The molecule has 0 fully saturated rings. The maximum atomic E-state index is 13.6. The summed E-state index contributed by atoms with van der Waals surface area (Å²) in [5.41, 5.74) is 0.550. The van der Waals surface area contributed by atoms with Gasteiger partial charge in [0.25, 0.3) is 5.91 Å². The molecule has 27 heavy (non-hydrogen) atoms. The number of aromatic nitrogens is 3. The van der Waals surface area contributed by atoms with Gasteiger partial charge in [0.1, 0.15) is 17.5 Å². The van der Waals surface area contributed by atoms with E-state index in [1.165, 1.54) is 0 Å². The van der Waals surface area contributed by atoms with E-state index in [1.54, 1.807) is 12.1 Å². The van der Waals surface area contributed by atoms with Gasteiger partial charge in [-0.15, -0.1) is 0 Å². The van der Waals surface area contributed by atoms with E-state index in [0.29, 0.717) is 35.6 Å². The second-order valence-electron chi connectivity index (χ2n) is 5.80. The number of hydrogen-bond acceptors (Lipinski definition) is 5. The van der Waals surface area contributed by atoms with Crippen molar-refractivity contribution in [2.45, 2.75) is 6.42 Å². The number of halogens is 2. The van der Waals surface area contributed by atoms with Crippen molar-refractivity contribution in [2.75, 3.05) is 13.3 Å². The van der Waals surface area contributed by atoms with Gasteiger partial charge in [-0.25, -0.2) is 13.8 Å². The van der Waals surface area contributed by atoms with Crippen molar-refractivity contribution >= 4 is 5.91 Å². The smallest absolute Gasteiger partial charge is 0.254 e. The molecule has 0 bridgehead atoms. The fourth-order valence-electron chi connectivity index (χ4n) is 2.64. The first-order valence-corrected chi connectivity index (χ1v) is 8.15. The minimum Gasteiger partial charge on any atom is -0.454 e. The molecular weight excluding hydrogens is 358 g/mol. The molecule has 2 heterocycles. The Morgan fingerprint density at radius 1 is 1.15 bits per heavy atom. The quantitative estimate of drug-likeness (QED) is 0.718. The molecule has 9 heteroatoms. The number of H-pyrrole nitrogens is 1. The number of carbonyl (C=O) groups excluding carboxylic acids is 1. The van der Waals surface area contributed by atoms with Crippen molar-refractivity contribution in [3.05, 3.63) is 59.4 Å². The Bertz CT molecular complexity index is 1010. The van der Waals surface area contributed by atoms with Crippen LogP contribution in [-0.2, 0) is 6.42 Å². The zero-order valence-electron chi connectivity index (χ0n) is 14.0. The number of ether oxygens (including phenoxy) is 2. The third-order valence-electron chi connectivity index (χ3n) is 3.99. The van der Waals surface area contributed by atoms with Crippen LogP contribution in [0.2, 0.25) is 0 Å². The van der Waals surface area contributed by atoms with Gasteiger partial charge in [0, 0.05) is 24.6 Å². The zero-order valence-corrected chi connectivity index (χ0v) is 14.0. The molecule has 0 spiro atoms. The minimum atomic E-state index is -0.905. The van der Waals surface area contributed by atoms with Gasteiger partial charge in [-0.2, -0.15) is 5.10 Å². The molecule has 0 radical (unpaired) electrons. The number of amides is 1. The SMILES string of the molecule is O=C(NCCc1nc(-c2ccc3c(c2)OCO3)n[nH]1)c1ccc(F)cc1F. The minimum absolute atomic E-state index is 0.187. The summed E-state index contributed by atoms with van der Waals surface area (Å²) in [7, 11) is 0. The summed E-state index contributed by atoms with van der Waals surface area (Å²) in [5.74, 6) is 0.0847. The van der Waals surface area contributed by atoms with Crippen LogP contribution < -0.4 is 14.8 Å². The van der Waals surface area contributed by atoms with Crippen LogP contribution in [-0.4, -0.2) is 34.4 Å². The highest BCUT2D eigenvalue weighted by molar-refractivity contribution is 5.94. The number of benzene rings is 2. The maximum Gasteiger partial charge on any atom is 0.254 e. The fraction of sp³-hybridized carbons (Fsp3) is 0.167. The fourth-order valence-corrected chi connectivity index (χ4v) is 2.64. The molecule has 3 aromatic rings. The Labute approximate surface area is 152 Å². The van der Waals surface area contributed by atoms with Gasteiger partial charge in [0.05, 0.1) is 5.56 Å². The van der Waals surface area contributed by atoms with Gasteiger partial charge in [0.2, 0.25) is 6.79 Å². The number of rotatable bonds is 5.